The van der Waals surface area contributed by atoms with Crippen LogP contribution in [0.2, 0.25) is 0 Å². The Morgan fingerprint density at radius 3 is 3.50 bits per heavy atom. The van der Waals surface area contributed by atoms with E-state index in [0.717, 1.165) is 0 Å². The maximum Gasteiger partial charge on any atom is 0.445 e. The van der Waals surface area contributed by atoms with Gasteiger partial charge in [-0.25, -0.2) is 9.36 Å². The molecule has 0 fully saturated rings. The minimum absolute atomic E-state index is 0.411. The predicted molar refractivity (Wildman–Crippen MR) is 37.4 cm³/mol. The summed E-state index contributed by atoms with van der Waals surface area (Å²) in [4.78, 5) is 10.7. The van der Waals surface area contributed by atoms with E-state index in [1.165, 1.54) is 4.57 Å². The third-order valence-electron chi connectivity index (χ3n) is 1.22. The van der Waals surface area contributed by atoms with Crippen molar-refractivity contribution in [1.29, 1.82) is 0 Å². The fourth-order valence-electron chi connectivity index (χ4n) is 0.754. The third-order valence-corrected chi connectivity index (χ3v) is 1.96. The minimum atomic E-state index is -0.411. The highest BCUT2D eigenvalue weighted by Gasteiger charge is 2.09. The first-order chi connectivity index (χ1) is 4.88. The second kappa shape index (κ2) is 2.02. The van der Waals surface area contributed by atoms with Crippen molar-refractivity contribution in [3.63, 3.8) is 0 Å². The number of aromatic nitrogens is 2. The summed E-state index contributed by atoms with van der Waals surface area (Å²) in [6.45, 7) is 0. The molecule has 1 aliphatic heterocycles. The number of fused-ring (bicyclic) bond motifs is 1. The van der Waals surface area contributed by atoms with Gasteiger partial charge in [0.05, 0.1) is 5.75 Å². The minimum Gasteiger partial charge on any atom is -0.296 e. The van der Waals surface area contributed by atoms with E-state index in [2.05, 4.69) is 9.68 Å². The number of hydrogen-bond acceptors (Lipinski definition) is 4. The van der Waals surface area contributed by atoms with Crippen LogP contribution >= 0.6 is 11.8 Å². The van der Waals surface area contributed by atoms with Gasteiger partial charge < -0.3 is 0 Å². The Morgan fingerprint density at radius 1 is 1.80 bits per heavy atom. The summed E-state index contributed by atoms with van der Waals surface area (Å²) in [5, 5.41) is 5.40. The van der Waals surface area contributed by atoms with Gasteiger partial charge in [0, 0.05) is 6.20 Å². The summed E-state index contributed by atoms with van der Waals surface area (Å²) in [5.41, 5.74) is 0. The molecule has 2 heterocycles. The maximum atomic E-state index is 10.7. The van der Waals surface area contributed by atoms with Crippen LogP contribution in [0, 0.1) is 0 Å². The molecule has 0 saturated heterocycles. The second-order valence-electron chi connectivity index (χ2n) is 1.83. The first kappa shape index (κ1) is 5.79. The Balaban J connectivity index is 2.68. The van der Waals surface area contributed by atoms with Crippen molar-refractivity contribution in [2.45, 2.75) is 5.75 Å². The van der Waals surface area contributed by atoms with Crippen molar-refractivity contribution < 1.29 is 4.52 Å². The molecule has 1 aromatic rings. The lowest BCUT2D eigenvalue weighted by Gasteiger charge is -2.00. The molecule has 2 rings (SSSR count). The molecule has 0 amide bonds. The zero-order valence-electron chi connectivity index (χ0n) is 4.98. The highest BCUT2D eigenvalue weighted by atomic mass is 32.2. The number of nitrogens with zero attached hydrogens (tertiary/aromatic N) is 2. The number of thioether (sulfide) groups is 1. The van der Waals surface area contributed by atoms with Gasteiger partial charge in [0.1, 0.15) is 0 Å². The molecule has 1 aliphatic rings. The van der Waals surface area contributed by atoms with Crippen LogP contribution in [0.25, 0.3) is 6.20 Å². The van der Waals surface area contributed by atoms with Crippen LogP contribution in [0.15, 0.2) is 14.7 Å². The van der Waals surface area contributed by atoms with Crippen LogP contribution in [-0.4, -0.2) is 9.72 Å². The lowest BCUT2D eigenvalue weighted by molar-refractivity contribution is 0.380. The summed E-state index contributed by atoms with van der Waals surface area (Å²) < 4.78 is 5.81. The number of rotatable bonds is 0. The van der Waals surface area contributed by atoms with Crippen LogP contribution in [0.4, 0.5) is 0 Å². The van der Waals surface area contributed by atoms with E-state index < -0.39 is 5.76 Å². The van der Waals surface area contributed by atoms with E-state index in [1.54, 1.807) is 18.0 Å². The SMILES string of the molecule is O=c1onc2n1C=CSC2. The Kier molecular flexibility index (Phi) is 1.17. The molecular weight excluding hydrogens is 152 g/mol. The molecule has 0 saturated carbocycles. The van der Waals surface area contributed by atoms with E-state index in [4.69, 9.17) is 0 Å². The van der Waals surface area contributed by atoms with E-state index in [1.807, 2.05) is 5.41 Å². The van der Waals surface area contributed by atoms with Crippen molar-refractivity contribution in [1.82, 2.24) is 9.72 Å². The number of hydrogen-bond donors (Lipinski definition) is 0. The topological polar surface area (TPSA) is 48.0 Å². The van der Waals surface area contributed by atoms with Gasteiger partial charge in [0.25, 0.3) is 0 Å². The Bertz CT molecular complexity index is 325. The van der Waals surface area contributed by atoms with Gasteiger partial charge >= 0.3 is 5.76 Å². The summed E-state index contributed by atoms with van der Waals surface area (Å²) in [6, 6.07) is 0. The fourth-order valence-corrected chi connectivity index (χ4v) is 1.40. The molecule has 0 bridgehead atoms. The molecule has 0 atom stereocenters. The van der Waals surface area contributed by atoms with Gasteiger partial charge in [0.15, 0.2) is 5.82 Å². The molecular formula is C5H4N2O2S. The van der Waals surface area contributed by atoms with E-state index in [0.29, 0.717) is 11.6 Å². The van der Waals surface area contributed by atoms with Crippen LogP contribution in [0.5, 0.6) is 0 Å². The van der Waals surface area contributed by atoms with Crippen molar-refractivity contribution in [2.75, 3.05) is 0 Å². The first-order valence-corrected chi connectivity index (χ1v) is 3.78. The highest BCUT2D eigenvalue weighted by molar-refractivity contribution is 8.01. The standard InChI is InChI=1S/C5H4N2O2S/c8-5-7-1-2-10-3-4(7)6-9-5/h1-2H,3H2. The Labute approximate surface area is 60.5 Å². The molecule has 0 radical (unpaired) electrons. The average molecular weight is 156 g/mol. The van der Waals surface area contributed by atoms with Crippen molar-refractivity contribution in [2.24, 2.45) is 0 Å². The summed E-state index contributed by atoms with van der Waals surface area (Å²) in [7, 11) is 0. The largest absolute Gasteiger partial charge is 0.445 e. The molecule has 0 N–H and O–H groups in total. The van der Waals surface area contributed by atoms with Crippen LogP contribution in [0.3, 0.4) is 0 Å². The molecule has 52 valence electrons. The lowest BCUT2D eigenvalue weighted by atomic mass is 10.7. The van der Waals surface area contributed by atoms with Crippen LogP contribution < -0.4 is 5.76 Å². The van der Waals surface area contributed by atoms with Gasteiger partial charge in [-0.3, -0.25) is 4.52 Å². The van der Waals surface area contributed by atoms with Gasteiger partial charge in [0.2, 0.25) is 0 Å². The monoisotopic (exact) mass is 156 g/mol. The normalized spacial score (nSPS) is 15.2. The van der Waals surface area contributed by atoms with Gasteiger partial charge in [-0.1, -0.05) is 5.16 Å². The molecule has 0 unspecified atom stereocenters. The Morgan fingerprint density at radius 2 is 2.70 bits per heavy atom. The molecule has 4 nitrogen and oxygen atoms in total. The smallest absolute Gasteiger partial charge is 0.296 e. The average Bonchev–Trinajstić information content (AvgIpc) is 2.34. The summed E-state index contributed by atoms with van der Waals surface area (Å²) in [6.07, 6.45) is 1.66. The van der Waals surface area contributed by atoms with Crippen molar-refractivity contribution in [3.8, 4) is 0 Å². The van der Waals surface area contributed by atoms with Gasteiger partial charge in [-0.2, -0.15) is 0 Å². The lowest BCUT2D eigenvalue weighted by Crippen LogP contribution is -2.11. The van der Waals surface area contributed by atoms with Gasteiger partial charge in [-0.15, -0.1) is 11.8 Å². The van der Waals surface area contributed by atoms with Crippen molar-refractivity contribution in [3.05, 3.63) is 21.8 Å². The third kappa shape index (κ3) is 0.706. The van der Waals surface area contributed by atoms with Gasteiger partial charge in [-0.05, 0) is 5.41 Å². The quantitative estimate of drug-likeness (QED) is 0.549. The maximum absolute atomic E-state index is 10.7. The zero-order valence-corrected chi connectivity index (χ0v) is 5.80. The second-order valence-corrected chi connectivity index (χ2v) is 2.73. The zero-order chi connectivity index (χ0) is 6.97. The van der Waals surface area contributed by atoms with Crippen LogP contribution in [-0.2, 0) is 5.75 Å². The molecule has 0 aromatic carbocycles. The molecule has 0 spiro atoms. The first-order valence-electron chi connectivity index (χ1n) is 2.73. The summed E-state index contributed by atoms with van der Waals surface area (Å²) >= 11 is 1.59. The molecule has 10 heavy (non-hydrogen) atoms. The molecule has 5 heteroatoms. The predicted octanol–water partition coefficient (Wildman–Crippen LogP) is 0.511. The fraction of sp³-hybridized carbons (Fsp3) is 0.200. The van der Waals surface area contributed by atoms with Crippen molar-refractivity contribution >= 4 is 18.0 Å². The Hall–Kier alpha value is -0.970. The summed E-state index contributed by atoms with van der Waals surface area (Å²) in [5.74, 6) is 0.978. The molecule has 0 aliphatic carbocycles. The van der Waals surface area contributed by atoms with E-state index in [9.17, 15) is 4.79 Å². The van der Waals surface area contributed by atoms with E-state index >= 15 is 0 Å². The molecule has 1 aromatic heterocycles. The van der Waals surface area contributed by atoms with Crippen LogP contribution in [0.1, 0.15) is 5.82 Å². The highest BCUT2D eigenvalue weighted by Crippen LogP contribution is 2.15. The van der Waals surface area contributed by atoms with E-state index in [-0.39, 0.29) is 0 Å².